The Labute approximate surface area is 199 Å². The fourth-order valence-corrected chi connectivity index (χ4v) is 5.37. The van der Waals surface area contributed by atoms with Gasteiger partial charge in [0.05, 0.1) is 23.7 Å². The van der Waals surface area contributed by atoms with Gasteiger partial charge in [-0.15, -0.1) is 0 Å². The summed E-state index contributed by atoms with van der Waals surface area (Å²) in [5.41, 5.74) is -2.67. The first-order chi connectivity index (χ1) is 15.2. The maximum Gasteiger partial charge on any atom is 0.311 e. The van der Waals surface area contributed by atoms with Gasteiger partial charge in [-0.25, -0.2) is 0 Å². The molecule has 0 bridgehead atoms. The van der Waals surface area contributed by atoms with Crippen LogP contribution < -0.4 is 0 Å². The molecule has 0 amide bonds. The van der Waals surface area contributed by atoms with Gasteiger partial charge in [-0.2, -0.15) is 0 Å². The average Bonchev–Trinajstić information content (AvgIpc) is 2.72. The second-order valence-electron chi connectivity index (χ2n) is 11.3. The van der Waals surface area contributed by atoms with E-state index in [9.17, 15) is 20.1 Å². The van der Waals surface area contributed by atoms with Crippen molar-refractivity contribution in [3.05, 3.63) is 0 Å². The number of hydrogen-bond acceptors (Lipinski definition) is 8. The van der Waals surface area contributed by atoms with Gasteiger partial charge in [0.25, 0.3) is 0 Å². The van der Waals surface area contributed by atoms with E-state index in [4.69, 9.17) is 14.2 Å². The summed E-state index contributed by atoms with van der Waals surface area (Å²) in [5, 5.41) is 32.9. The van der Waals surface area contributed by atoms with E-state index in [0.29, 0.717) is 13.0 Å². The van der Waals surface area contributed by atoms with Crippen LogP contribution in [0.4, 0.5) is 0 Å². The maximum atomic E-state index is 13.0. The Kier molecular flexibility index (Phi) is 9.76. The molecule has 0 aromatic rings. The van der Waals surface area contributed by atoms with E-state index in [0.717, 1.165) is 19.3 Å². The van der Waals surface area contributed by atoms with Crippen LogP contribution in [-0.4, -0.2) is 82.3 Å². The first kappa shape index (κ1) is 28.5. The topological polar surface area (TPSA) is 109 Å². The summed E-state index contributed by atoms with van der Waals surface area (Å²) in [7, 11) is 1.71. The quantitative estimate of drug-likeness (QED) is 0.525. The highest BCUT2D eigenvalue weighted by Crippen LogP contribution is 2.37. The Bertz CT molecular complexity index is 640. The zero-order valence-electron chi connectivity index (χ0n) is 21.8. The van der Waals surface area contributed by atoms with E-state index >= 15 is 0 Å². The molecule has 0 spiro atoms. The predicted molar refractivity (Wildman–Crippen MR) is 125 cm³/mol. The number of aliphatic hydroxyl groups is 3. The van der Waals surface area contributed by atoms with Gasteiger partial charge in [0.2, 0.25) is 0 Å². The summed E-state index contributed by atoms with van der Waals surface area (Å²) in [6.07, 6.45) is 1.14. The molecule has 0 radical (unpaired) electrons. The average molecular weight is 474 g/mol. The summed E-state index contributed by atoms with van der Waals surface area (Å²) in [6.45, 7) is 13.2. The highest BCUT2D eigenvalue weighted by molar-refractivity contribution is 5.72. The Morgan fingerprint density at radius 2 is 1.70 bits per heavy atom. The maximum absolute atomic E-state index is 13.0. The van der Waals surface area contributed by atoms with Crippen LogP contribution in [0.5, 0.6) is 0 Å². The van der Waals surface area contributed by atoms with Gasteiger partial charge in [-0.3, -0.25) is 9.69 Å². The molecule has 0 aromatic carbocycles. The summed E-state index contributed by atoms with van der Waals surface area (Å²) in [6, 6.07) is 0. The minimum Gasteiger partial charge on any atom is -0.462 e. The Morgan fingerprint density at radius 3 is 2.30 bits per heavy atom. The molecule has 2 aliphatic rings. The normalized spacial score (nSPS) is 47.5. The molecule has 1 unspecified atom stereocenters. The number of ether oxygens (including phenoxy) is 3. The summed E-state index contributed by atoms with van der Waals surface area (Å²) >= 11 is 0. The second-order valence-corrected chi connectivity index (χ2v) is 11.3. The number of esters is 1. The molecule has 2 heterocycles. The number of likely N-dealkylation sites (N-methyl/N-ethyl adjacent to an activating group) is 1. The number of aliphatic hydroxyl groups excluding tert-OH is 1. The lowest BCUT2D eigenvalue weighted by Crippen LogP contribution is -2.55. The van der Waals surface area contributed by atoms with Gasteiger partial charge in [0.1, 0.15) is 18.4 Å². The largest absolute Gasteiger partial charge is 0.462 e. The number of rotatable bonds is 2. The third-order valence-electron chi connectivity index (χ3n) is 7.74. The van der Waals surface area contributed by atoms with Gasteiger partial charge in [-0.1, -0.05) is 20.8 Å². The molecule has 2 fully saturated rings. The van der Waals surface area contributed by atoms with E-state index in [2.05, 4.69) is 0 Å². The van der Waals surface area contributed by atoms with Gasteiger partial charge < -0.3 is 29.5 Å². The smallest absolute Gasteiger partial charge is 0.311 e. The molecule has 8 nitrogen and oxygen atoms in total. The first-order valence-electron chi connectivity index (χ1n) is 12.5. The number of carbonyl (C=O) groups excluding carboxylic acids is 1. The van der Waals surface area contributed by atoms with Crippen LogP contribution in [0.1, 0.15) is 74.1 Å². The number of hydrogen-bond donors (Lipinski definition) is 3. The molecule has 194 valence electrons. The van der Waals surface area contributed by atoms with Crippen LogP contribution in [0.3, 0.4) is 0 Å². The molecule has 0 saturated carbocycles. The molecule has 2 aliphatic heterocycles. The Balaban J connectivity index is 2.35. The summed E-state index contributed by atoms with van der Waals surface area (Å²) in [4.78, 5) is 14.7. The molecular weight excluding hydrogens is 426 g/mol. The van der Waals surface area contributed by atoms with Crippen LogP contribution in [0.15, 0.2) is 0 Å². The fraction of sp³-hybridized carbons (Fsp3) is 0.960. The standard InChI is InChI=1S/C25H47NO7/c1-15-12-24(6,29)19(5)17(3)21(33-20-11-9-10-16(2)32-20)18(4)22(27)31-14-25(7,30)23(28)26(8)13-15/h15-21,23,28-30H,9-14H2,1-8H3/t15-,16+,17-,18-,19?,20+,21+,23+,24-,25-/m1/s1. The molecular formula is C25H47NO7. The van der Waals surface area contributed by atoms with Crippen molar-refractivity contribution in [1.82, 2.24) is 4.90 Å². The predicted octanol–water partition coefficient (Wildman–Crippen LogP) is 2.53. The van der Waals surface area contributed by atoms with Crippen LogP contribution in [0.2, 0.25) is 0 Å². The molecule has 0 aromatic heterocycles. The fourth-order valence-electron chi connectivity index (χ4n) is 5.37. The molecule has 0 aliphatic carbocycles. The lowest BCUT2D eigenvalue weighted by Gasteiger charge is -2.43. The van der Waals surface area contributed by atoms with Crippen molar-refractivity contribution < 1.29 is 34.3 Å². The van der Waals surface area contributed by atoms with Crippen molar-refractivity contribution in [3.8, 4) is 0 Å². The van der Waals surface area contributed by atoms with E-state index in [1.807, 2.05) is 34.6 Å². The van der Waals surface area contributed by atoms with Crippen molar-refractivity contribution >= 4 is 5.97 Å². The third kappa shape index (κ3) is 7.36. The highest BCUT2D eigenvalue weighted by atomic mass is 16.7. The lowest BCUT2D eigenvalue weighted by atomic mass is 9.72. The van der Waals surface area contributed by atoms with Gasteiger partial charge in [0.15, 0.2) is 6.29 Å². The summed E-state index contributed by atoms with van der Waals surface area (Å²) < 4.78 is 17.8. The molecule has 2 rings (SSSR count). The van der Waals surface area contributed by atoms with Crippen LogP contribution in [0.25, 0.3) is 0 Å². The Morgan fingerprint density at radius 1 is 1.06 bits per heavy atom. The van der Waals surface area contributed by atoms with Gasteiger partial charge >= 0.3 is 5.97 Å². The zero-order chi connectivity index (χ0) is 25.1. The molecule has 3 N–H and O–H groups in total. The summed E-state index contributed by atoms with van der Waals surface area (Å²) in [5.74, 6) is -1.45. The third-order valence-corrected chi connectivity index (χ3v) is 7.74. The van der Waals surface area contributed by atoms with Crippen molar-refractivity contribution in [1.29, 1.82) is 0 Å². The molecule has 33 heavy (non-hydrogen) atoms. The number of carbonyl (C=O) groups is 1. The van der Waals surface area contributed by atoms with E-state index in [1.54, 1.807) is 18.9 Å². The van der Waals surface area contributed by atoms with Gasteiger partial charge in [0, 0.05) is 6.54 Å². The van der Waals surface area contributed by atoms with E-state index in [-0.39, 0.29) is 30.5 Å². The van der Waals surface area contributed by atoms with Crippen LogP contribution in [-0.2, 0) is 19.0 Å². The van der Waals surface area contributed by atoms with Crippen molar-refractivity contribution in [3.63, 3.8) is 0 Å². The Hall–Kier alpha value is -0.770. The van der Waals surface area contributed by atoms with Crippen LogP contribution >= 0.6 is 0 Å². The molecule has 10 atom stereocenters. The van der Waals surface area contributed by atoms with Gasteiger partial charge in [-0.05, 0) is 78.2 Å². The number of nitrogens with zero attached hydrogens (tertiary/aromatic N) is 1. The lowest BCUT2D eigenvalue weighted by molar-refractivity contribution is -0.238. The first-order valence-corrected chi connectivity index (χ1v) is 12.5. The number of cyclic esters (lactones) is 1. The minimum atomic E-state index is -1.65. The molecule has 2 saturated heterocycles. The van der Waals surface area contributed by atoms with Crippen LogP contribution in [0, 0.1) is 23.7 Å². The monoisotopic (exact) mass is 473 g/mol. The zero-order valence-corrected chi connectivity index (χ0v) is 21.8. The SMILES string of the molecule is CC1[C@@H](C)[C@H](O[C@H]2CCC[C@H](C)O2)[C@@H](C)C(=O)OC[C@@](C)(O)[C@H](O)N(C)C[C@H](C)C[C@@]1(C)O. The molecule has 8 heteroatoms. The minimum absolute atomic E-state index is 0.0508. The van der Waals surface area contributed by atoms with Crippen molar-refractivity contribution in [2.75, 3.05) is 20.2 Å². The van der Waals surface area contributed by atoms with E-state index in [1.165, 1.54) is 6.92 Å². The van der Waals surface area contributed by atoms with Crippen molar-refractivity contribution in [2.24, 2.45) is 23.7 Å². The second kappa shape index (κ2) is 11.3. The highest BCUT2D eigenvalue weighted by Gasteiger charge is 2.44. The van der Waals surface area contributed by atoms with Crippen molar-refractivity contribution in [2.45, 2.75) is 110 Å². The van der Waals surface area contributed by atoms with E-state index < -0.39 is 41.7 Å².